The molecule has 3 saturated heterocycles. The van der Waals surface area contributed by atoms with E-state index >= 15 is 0 Å². The maximum Gasteiger partial charge on any atom is 0.498 e. The van der Waals surface area contributed by atoms with Gasteiger partial charge in [-0.1, -0.05) is 0 Å². The molecule has 0 spiro atoms. The van der Waals surface area contributed by atoms with E-state index in [1.165, 1.54) is 0 Å². The number of rotatable bonds is 3. The van der Waals surface area contributed by atoms with E-state index in [2.05, 4.69) is 10.00 Å². The van der Waals surface area contributed by atoms with Crippen LogP contribution in [0.3, 0.4) is 0 Å². The number of aromatic nitrogens is 2. The normalized spacial score (nSPS) is 32.0. The zero-order chi connectivity index (χ0) is 18.7. The van der Waals surface area contributed by atoms with E-state index in [0.29, 0.717) is 12.6 Å². The fourth-order valence-electron chi connectivity index (χ4n) is 3.93. The molecule has 4 rings (SSSR count). The van der Waals surface area contributed by atoms with Crippen molar-refractivity contribution in [3.05, 3.63) is 11.9 Å². The SMILES string of the molecule is Cc1c(B2OC(C)(C)C(C)(C)O2)cnn1[C@@H]1CCN(C2COC2)C[C@@H]1F. The van der Waals surface area contributed by atoms with Crippen molar-refractivity contribution in [2.45, 2.75) is 70.5 Å². The Morgan fingerprint density at radius 3 is 2.38 bits per heavy atom. The summed E-state index contributed by atoms with van der Waals surface area (Å²) in [6.45, 7) is 12.9. The Morgan fingerprint density at radius 1 is 1.19 bits per heavy atom. The van der Waals surface area contributed by atoms with Gasteiger partial charge in [0, 0.05) is 30.4 Å². The highest BCUT2D eigenvalue weighted by molar-refractivity contribution is 6.62. The third-order valence-electron chi connectivity index (χ3n) is 6.58. The standard InChI is InChI=1S/C18H29BFN3O3/c1-12-14(19-25-17(2,3)18(4,5)26-19)8-21-23(12)16-6-7-22(9-15(16)20)13-10-24-11-13/h8,13,15-16H,6-7,9-11H2,1-5H3/t15-,16+/m0/s1. The largest absolute Gasteiger partial charge is 0.498 e. The summed E-state index contributed by atoms with van der Waals surface area (Å²) in [7, 11) is -0.459. The van der Waals surface area contributed by atoms with Crippen molar-refractivity contribution in [2.75, 3.05) is 26.3 Å². The highest BCUT2D eigenvalue weighted by Gasteiger charge is 2.52. The number of likely N-dealkylation sites (tertiary alicyclic amines) is 1. The van der Waals surface area contributed by atoms with Gasteiger partial charge in [0.25, 0.3) is 0 Å². The van der Waals surface area contributed by atoms with Gasteiger partial charge in [0.15, 0.2) is 0 Å². The van der Waals surface area contributed by atoms with Crippen LogP contribution in [0.1, 0.15) is 45.9 Å². The van der Waals surface area contributed by atoms with Crippen LogP contribution in [0.15, 0.2) is 6.20 Å². The lowest BCUT2D eigenvalue weighted by Crippen LogP contribution is -2.55. The molecule has 6 nitrogen and oxygen atoms in total. The van der Waals surface area contributed by atoms with Crippen LogP contribution in [0.2, 0.25) is 0 Å². The third-order valence-corrected chi connectivity index (χ3v) is 6.58. The molecule has 1 aromatic heterocycles. The third kappa shape index (κ3) is 2.91. The Kier molecular flexibility index (Phi) is 4.46. The minimum Gasteiger partial charge on any atom is -0.399 e. The fraction of sp³-hybridized carbons (Fsp3) is 0.833. The Morgan fingerprint density at radius 2 is 1.85 bits per heavy atom. The Labute approximate surface area is 155 Å². The molecule has 2 atom stereocenters. The maximum absolute atomic E-state index is 14.9. The lowest BCUT2D eigenvalue weighted by Gasteiger charge is -2.42. The Balaban J connectivity index is 1.49. The Bertz CT molecular complexity index is 661. The number of piperidine rings is 1. The van der Waals surface area contributed by atoms with Crippen molar-refractivity contribution in [3.63, 3.8) is 0 Å². The molecule has 0 N–H and O–H groups in total. The van der Waals surface area contributed by atoms with Gasteiger partial charge in [0.05, 0.1) is 36.5 Å². The molecule has 1 aromatic rings. The number of hydrogen-bond donors (Lipinski definition) is 0. The van der Waals surface area contributed by atoms with Gasteiger partial charge in [-0.05, 0) is 41.0 Å². The molecule has 8 heteroatoms. The molecule has 3 aliphatic rings. The zero-order valence-electron chi connectivity index (χ0n) is 16.4. The van der Waals surface area contributed by atoms with Gasteiger partial charge >= 0.3 is 7.12 Å². The van der Waals surface area contributed by atoms with E-state index in [1.807, 2.05) is 39.3 Å². The van der Waals surface area contributed by atoms with Crippen molar-refractivity contribution >= 4 is 12.6 Å². The molecule has 0 bridgehead atoms. The van der Waals surface area contributed by atoms with Gasteiger partial charge in [-0.2, -0.15) is 5.10 Å². The first kappa shape index (κ1) is 18.4. The summed E-state index contributed by atoms with van der Waals surface area (Å²) >= 11 is 0. The smallest absolute Gasteiger partial charge is 0.399 e. The topological polar surface area (TPSA) is 48.8 Å². The van der Waals surface area contributed by atoms with Crippen LogP contribution in [0.25, 0.3) is 0 Å². The van der Waals surface area contributed by atoms with E-state index in [4.69, 9.17) is 14.0 Å². The first-order chi connectivity index (χ1) is 12.2. The van der Waals surface area contributed by atoms with Crippen molar-refractivity contribution in [1.82, 2.24) is 14.7 Å². The van der Waals surface area contributed by atoms with Gasteiger partial charge in [-0.25, -0.2) is 4.39 Å². The van der Waals surface area contributed by atoms with Crippen LogP contribution in [0.5, 0.6) is 0 Å². The number of ether oxygens (including phenoxy) is 1. The van der Waals surface area contributed by atoms with E-state index in [0.717, 1.165) is 37.3 Å². The van der Waals surface area contributed by atoms with Crippen LogP contribution in [-0.4, -0.2) is 71.5 Å². The van der Waals surface area contributed by atoms with Gasteiger partial charge in [-0.15, -0.1) is 0 Å². The van der Waals surface area contributed by atoms with E-state index in [1.54, 1.807) is 6.20 Å². The van der Waals surface area contributed by atoms with Gasteiger partial charge < -0.3 is 14.0 Å². The molecule has 0 aromatic carbocycles. The highest BCUT2D eigenvalue weighted by Crippen LogP contribution is 2.37. The summed E-state index contributed by atoms with van der Waals surface area (Å²) in [6, 6.07) is 0.150. The summed E-state index contributed by atoms with van der Waals surface area (Å²) in [5.41, 5.74) is 1.03. The van der Waals surface area contributed by atoms with Crippen molar-refractivity contribution in [1.29, 1.82) is 0 Å². The molecule has 3 fully saturated rings. The van der Waals surface area contributed by atoms with Crippen LogP contribution >= 0.6 is 0 Å². The first-order valence-corrected chi connectivity index (χ1v) is 9.55. The Hall–Kier alpha value is -0.955. The van der Waals surface area contributed by atoms with E-state index in [9.17, 15) is 4.39 Å². The second-order valence-electron chi connectivity index (χ2n) is 8.78. The molecular weight excluding hydrogens is 336 g/mol. The molecule has 0 amide bonds. The van der Waals surface area contributed by atoms with Crippen molar-refractivity contribution in [2.24, 2.45) is 0 Å². The average molecular weight is 365 g/mol. The van der Waals surface area contributed by atoms with Crippen LogP contribution in [0.4, 0.5) is 4.39 Å². The lowest BCUT2D eigenvalue weighted by molar-refractivity contribution is -0.0848. The zero-order valence-corrected chi connectivity index (χ0v) is 16.4. The van der Waals surface area contributed by atoms with Crippen LogP contribution in [0, 0.1) is 6.92 Å². The summed E-state index contributed by atoms with van der Waals surface area (Å²) in [5.74, 6) is 0. The predicted molar refractivity (Wildman–Crippen MR) is 97.4 cm³/mol. The van der Waals surface area contributed by atoms with Crippen LogP contribution < -0.4 is 5.46 Å². The van der Waals surface area contributed by atoms with Crippen LogP contribution in [-0.2, 0) is 14.0 Å². The van der Waals surface area contributed by atoms with E-state index < -0.39 is 24.5 Å². The summed E-state index contributed by atoms with van der Waals surface area (Å²) < 4.78 is 34.3. The maximum atomic E-state index is 14.9. The minimum absolute atomic E-state index is 0.233. The average Bonchev–Trinajstić information content (AvgIpc) is 2.95. The van der Waals surface area contributed by atoms with Gasteiger partial charge in [-0.3, -0.25) is 9.58 Å². The van der Waals surface area contributed by atoms with E-state index in [-0.39, 0.29) is 6.04 Å². The number of nitrogens with zero attached hydrogens (tertiary/aromatic N) is 3. The van der Waals surface area contributed by atoms with Gasteiger partial charge in [0.2, 0.25) is 0 Å². The number of alkyl halides is 1. The molecule has 0 unspecified atom stereocenters. The monoisotopic (exact) mass is 365 g/mol. The number of halogens is 1. The molecular formula is C18H29BFN3O3. The molecule has 0 aliphatic carbocycles. The second-order valence-corrected chi connectivity index (χ2v) is 8.78. The molecule has 0 saturated carbocycles. The second kappa shape index (κ2) is 6.29. The summed E-state index contributed by atoms with van der Waals surface area (Å²) in [6.07, 6.45) is 1.59. The lowest BCUT2D eigenvalue weighted by atomic mass is 9.79. The molecule has 0 radical (unpaired) electrons. The van der Waals surface area contributed by atoms with Crippen molar-refractivity contribution < 1.29 is 18.4 Å². The molecule has 3 aliphatic heterocycles. The molecule has 144 valence electrons. The quantitative estimate of drug-likeness (QED) is 0.760. The minimum atomic E-state index is -0.936. The predicted octanol–water partition coefficient (Wildman–Crippen LogP) is 1.47. The molecule has 26 heavy (non-hydrogen) atoms. The van der Waals surface area contributed by atoms with Crippen molar-refractivity contribution in [3.8, 4) is 0 Å². The summed E-state index contributed by atoms with van der Waals surface area (Å²) in [4.78, 5) is 2.21. The highest BCUT2D eigenvalue weighted by atomic mass is 19.1. The van der Waals surface area contributed by atoms with Gasteiger partial charge in [0.1, 0.15) is 6.17 Å². The fourth-order valence-corrected chi connectivity index (χ4v) is 3.93. The first-order valence-electron chi connectivity index (χ1n) is 9.55. The number of hydrogen-bond acceptors (Lipinski definition) is 5. The molecule has 4 heterocycles. The summed E-state index contributed by atoms with van der Waals surface area (Å²) in [5, 5.41) is 4.51.